The molecule has 0 unspecified atom stereocenters. The summed E-state index contributed by atoms with van der Waals surface area (Å²) in [4.78, 5) is 17.9. The number of aromatic nitrogens is 3. The zero-order valence-corrected chi connectivity index (χ0v) is 15.9. The summed E-state index contributed by atoms with van der Waals surface area (Å²) in [5, 5.41) is 0.533. The van der Waals surface area contributed by atoms with Crippen LogP contribution in [0.15, 0.2) is 83.9 Å². The highest BCUT2D eigenvalue weighted by Gasteiger charge is 2.18. The molecule has 0 aliphatic rings. The second-order valence-corrected chi connectivity index (χ2v) is 7.20. The van der Waals surface area contributed by atoms with Gasteiger partial charge in [-0.3, -0.25) is 9.36 Å². The number of fused-ring (bicyclic) bond motifs is 3. The Bertz CT molecular complexity index is 1440. The lowest BCUT2D eigenvalue weighted by Crippen LogP contribution is -2.23. The van der Waals surface area contributed by atoms with Gasteiger partial charge >= 0.3 is 0 Å². The van der Waals surface area contributed by atoms with Crippen molar-refractivity contribution in [3.8, 4) is 0 Å². The number of rotatable bonds is 4. The van der Waals surface area contributed by atoms with Gasteiger partial charge in [0.1, 0.15) is 22.7 Å². The van der Waals surface area contributed by atoms with Crippen molar-refractivity contribution >= 4 is 21.9 Å². The van der Waals surface area contributed by atoms with Gasteiger partial charge in [0.25, 0.3) is 5.56 Å². The van der Waals surface area contributed by atoms with Gasteiger partial charge in [0.05, 0.1) is 24.9 Å². The van der Waals surface area contributed by atoms with Crippen molar-refractivity contribution in [1.29, 1.82) is 0 Å². The van der Waals surface area contributed by atoms with Gasteiger partial charge in [-0.15, -0.1) is 0 Å². The van der Waals surface area contributed by atoms with Crippen LogP contribution in [0.25, 0.3) is 21.9 Å². The minimum Gasteiger partial charge on any atom is -0.330 e. The summed E-state index contributed by atoms with van der Waals surface area (Å²) in [6.07, 6.45) is 1.48. The van der Waals surface area contributed by atoms with Gasteiger partial charge in [-0.25, -0.2) is 13.8 Å². The number of benzene rings is 3. The van der Waals surface area contributed by atoms with Gasteiger partial charge in [-0.1, -0.05) is 48.5 Å². The highest BCUT2D eigenvalue weighted by atomic mass is 19.1. The van der Waals surface area contributed by atoms with Gasteiger partial charge in [0.15, 0.2) is 0 Å². The van der Waals surface area contributed by atoms with Crippen LogP contribution in [0.4, 0.5) is 8.78 Å². The molecule has 4 nitrogen and oxygen atoms in total. The fraction of sp³-hybridized carbons (Fsp3) is 0.0833. The molecule has 5 rings (SSSR count). The van der Waals surface area contributed by atoms with E-state index in [1.807, 2.05) is 30.3 Å². The van der Waals surface area contributed by atoms with Crippen molar-refractivity contribution in [2.75, 3.05) is 0 Å². The van der Waals surface area contributed by atoms with E-state index in [9.17, 15) is 13.6 Å². The normalized spacial score (nSPS) is 11.4. The molecule has 0 fully saturated rings. The zero-order chi connectivity index (χ0) is 20.7. The average molecular weight is 401 g/mol. The summed E-state index contributed by atoms with van der Waals surface area (Å²) < 4.78 is 31.5. The van der Waals surface area contributed by atoms with E-state index in [2.05, 4.69) is 4.98 Å². The average Bonchev–Trinajstić information content (AvgIpc) is 3.06. The lowest BCUT2D eigenvalue weighted by molar-refractivity contribution is 0.603. The van der Waals surface area contributed by atoms with Crippen LogP contribution in [-0.2, 0) is 13.1 Å². The van der Waals surface area contributed by atoms with Crippen LogP contribution < -0.4 is 5.56 Å². The summed E-state index contributed by atoms with van der Waals surface area (Å²) in [7, 11) is 0. The van der Waals surface area contributed by atoms with Crippen molar-refractivity contribution in [3.63, 3.8) is 0 Å². The number of nitrogens with zero attached hydrogens (tertiary/aromatic N) is 3. The molecule has 3 aromatic carbocycles. The lowest BCUT2D eigenvalue weighted by Gasteiger charge is -2.10. The second kappa shape index (κ2) is 7.22. The van der Waals surface area contributed by atoms with E-state index in [4.69, 9.17) is 0 Å². The molecule has 0 spiro atoms. The maximum absolute atomic E-state index is 14.3. The molecule has 0 atom stereocenters. The van der Waals surface area contributed by atoms with Gasteiger partial charge in [-0.05, 0) is 29.8 Å². The third kappa shape index (κ3) is 3.06. The van der Waals surface area contributed by atoms with E-state index in [0.29, 0.717) is 34.0 Å². The van der Waals surface area contributed by atoms with E-state index >= 15 is 0 Å². The Morgan fingerprint density at radius 3 is 2.43 bits per heavy atom. The predicted molar refractivity (Wildman–Crippen MR) is 113 cm³/mol. The first-order chi connectivity index (χ1) is 14.6. The third-order valence-electron chi connectivity index (χ3n) is 5.27. The number of hydrogen-bond acceptors (Lipinski definition) is 2. The second-order valence-electron chi connectivity index (χ2n) is 7.20. The van der Waals surface area contributed by atoms with Crippen molar-refractivity contribution in [2.24, 2.45) is 0 Å². The van der Waals surface area contributed by atoms with Crippen LogP contribution in [0.1, 0.15) is 11.1 Å². The molecule has 0 radical (unpaired) electrons. The number of hydrogen-bond donors (Lipinski definition) is 0. The van der Waals surface area contributed by atoms with Crippen LogP contribution in [0.3, 0.4) is 0 Å². The Hall–Kier alpha value is -3.80. The van der Waals surface area contributed by atoms with Gasteiger partial charge in [-0.2, -0.15) is 0 Å². The van der Waals surface area contributed by atoms with Gasteiger partial charge in [0.2, 0.25) is 0 Å². The molecule has 6 heteroatoms. The molecular formula is C24H17F2N3O. The first-order valence-electron chi connectivity index (χ1n) is 9.56. The smallest absolute Gasteiger partial charge is 0.278 e. The van der Waals surface area contributed by atoms with Gasteiger partial charge in [0, 0.05) is 10.9 Å². The molecule has 0 aliphatic heterocycles. The Morgan fingerprint density at radius 2 is 1.63 bits per heavy atom. The first-order valence-corrected chi connectivity index (χ1v) is 9.56. The maximum Gasteiger partial charge on any atom is 0.278 e. The monoisotopic (exact) mass is 401 g/mol. The Kier molecular flexibility index (Phi) is 4.39. The minimum atomic E-state index is -0.414. The van der Waals surface area contributed by atoms with Crippen LogP contribution in [-0.4, -0.2) is 14.1 Å². The van der Waals surface area contributed by atoms with E-state index in [0.717, 1.165) is 5.56 Å². The van der Waals surface area contributed by atoms with Crippen molar-refractivity contribution in [1.82, 2.24) is 14.1 Å². The zero-order valence-electron chi connectivity index (χ0n) is 15.9. The SMILES string of the molecule is O=c1c2c(ncn1Cc1ccccc1)c1cc(F)ccc1n2Cc1ccccc1F. The summed E-state index contributed by atoms with van der Waals surface area (Å²) in [5.74, 6) is -0.772. The maximum atomic E-state index is 14.3. The van der Waals surface area contributed by atoms with E-state index < -0.39 is 5.82 Å². The summed E-state index contributed by atoms with van der Waals surface area (Å²) in [5.41, 5.74) is 2.53. The molecule has 0 saturated heterocycles. The first kappa shape index (κ1) is 18.2. The Labute approximate surface area is 170 Å². The summed E-state index contributed by atoms with van der Waals surface area (Å²) >= 11 is 0. The quantitative estimate of drug-likeness (QED) is 0.437. The third-order valence-corrected chi connectivity index (χ3v) is 5.27. The van der Waals surface area contributed by atoms with Crippen molar-refractivity contribution in [2.45, 2.75) is 13.1 Å². The molecule has 30 heavy (non-hydrogen) atoms. The van der Waals surface area contributed by atoms with E-state index in [-0.39, 0.29) is 17.9 Å². The highest BCUT2D eigenvalue weighted by molar-refractivity contribution is 6.05. The molecule has 5 aromatic rings. The molecule has 2 heterocycles. The molecule has 0 aliphatic carbocycles. The van der Waals surface area contributed by atoms with Crippen LogP contribution in [0.2, 0.25) is 0 Å². The van der Waals surface area contributed by atoms with Crippen LogP contribution in [0.5, 0.6) is 0 Å². The van der Waals surface area contributed by atoms with Crippen LogP contribution >= 0.6 is 0 Å². The van der Waals surface area contributed by atoms with Crippen LogP contribution in [0, 0.1) is 11.6 Å². The largest absolute Gasteiger partial charge is 0.330 e. The summed E-state index contributed by atoms with van der Waals surface area (Å²) in [6.45, 7) is 0.503. The topological polar surface area (TPSA) is 39.8 Å². The predicted octanol–water partition coefficient (Wildman–Crippen LogP) is 4.73. The fourth-order valence-electron chi connectivity index (χ4n) is 3.83. The lowest BCUT2D eigenvalue weighted by atomic mass is 10.2. The molecule has 2 aromatic heterocycles. The molecule has 0 N–H and O–H groups in total. The summed E-state index contributed by atoms with van der Waals surface area (Å²) in [6, 6.07) is 20.3. The molecule has 148 valence electrons. The number of halogens is 2. The Balaban J connectivity index is 1.76. The fourth-order valence-corrected chi connectivity index (χ4v) is 3.83. The van der Waals surface area contributed by atoms with Crippen molar-refractivity contribution < 1.29 is 8.78 Å². The van der Waals surface area contributed by atoms with E-state index in [1.165, 1.54) is 29.1 Å². The molecule has 0 saturated carbocycles. The molecule has 0 bridgehead atoms. The van der Waals surface area contributed by atoms with Gasteiger partial charge < -0.3 is 4.57 Å². The highest BCUT2D eigenvalue weighted by Crippen LogP contribution is 2.27. The molecule has 0 amide bonds. The van der Waals surface area contributed by atoms with E-state index in [1.54, 1.807) is 28.8 Å². The van der Waals surface area contributed by atoms with Crippen molar-refractivity contribution in [3.05, 3.63) is 112 Å². The molecular weight excluding hydrogens is 384 g/mol. The Morgan fingerprint density at radius 1 is 0.867 bits per heavy atom. The standard InChI is InChI=1S/C24H17F2N3O/c25-18-10-11-21-19(12-18)22-23(29(21)14-17-8-4-5-9-20(17)26)24(30)28(15-27-22)13-16-6-2-1-3-7-16/h1-12,15H,13-14H2. The minimum absolute atomic E-state index is 0.143.